The summed E-state index contributed by atoms with van der Waals surface area (Å²) in [7, 11) is 1.75. The molecule has 1 aliphatic heterocycles. The molecule has 90 valence electrons. The second-order valence-electron chi connectivity index (χ2n) is 4.72. The van der Waals surface area contributed by atoms with Crippen LogP contribution < -0.4 is 5.32 Å². The van der Waals surface area contributed by atoms with Gasteiger partial charge in [-0.15, -0.1) is 0 Å². The number of hydrogen-bond acceptors (Lipinski definition) is 3. The van der Waals surface area contributed by atoms with Crippen LogP contribution in [0.1, 0.15) is 33.1 Å². The SMILES string of the molecule is COCC(C)NC(C)CC1CCOCC1. The van der Waals surface area contributed by atoms with Gasteiger partial charge in [0, 0.05) is 32.4 Å². The summed E-state index contributed by atoms with van der Waals surface area (Å²) in [5.41, 5.74) is 0. The normalized spacial score (nSPS) is 22.6. The first-order valence-corrected chi connectivity index (χ1v) is 6.05. The Morgan fingerprint density at radius 1 is 1.27 bits per heavy atom. The van der Waals surface area contributed by atoms with Crippen molar-refractivity contribution >= 4 is 0 Å². The molecular weight excluding hydrogens is 190 g/mol. The van der Waals surface area contributed by atoms with Crippen molar-refractivity contribution in [3.63, 3.8) is 0 Å². The Kier molecular flexibility index (Phi) is 6.22. The highest BCUT2D eigenvalue weighted by Crippen LogP contribution is 2.20. The third-order valence-corrected chi connectivity index (χ3v) is 3.01. The molecule has 0 aromatic rings. The maximum atomic E-state index is 5.36. The first-order valence-electron chi connectivity index (χ1n) is 6.05. The van der Waals surface area contributed by atoms with Crippen LogP contribution in [0.15, 0.2) is 0 Å². The summed E-state index contributed by atoms with van der Waals surface area (Å²) in [5.74, 6) is 0.844. The molecule has 0 aliphatic carbocycles. The van der Waals surface area contributed by atoms with Gasteiger partial charge in [-0.2, -0.15) is 0 Å². The Labute approximate surface area is 93.5 Å². The van der Waals surface area contributed by atoms with Gasteiger partial charge in [-0.05, 0) is 39.0 Å². The Hall–Kier alpha value is -0.120. The molecule has 0 saturated carbocycles. The number of ether oxygens (including phenoxy) is 2. The third kappa shape index (κ3) is 5.50. The number of nitrogens with one attached hydrogen (secondary N) is 1. The van der Waals surface area contributed by atoms with E-state index in [1.165, 1.54) is 19.3 Å². The zero-order valence-corrected chi connectivity index (χ0v) is 10.3. The van der Waals surface area contributed by atoms with E-state index in [2.05, 4.69) is 19.2 Å². The molecule has 1 saturated heterocycles. The topological polar surface area (TPSA) is 30.5 Å². The van der Waals surface area contributed by atoms with E-state index in [0.717, 1.165) is 25.7 Å². The van der Waals surface area contributed by atoms with E-state index in [9.17, 15) is 0 Å². The standard InChI is InChI=1S/C12H25NO2/c1-10(13-11(2)9-14-3)8-12-4-6-15-7-5-12/h10-13H,4-9H2,1-3H3. The van der Waals surface area contributed by atoms with Crippen LogP contribution in [0.5, 0.6) is 0 Å². The minimum Gasteiger partial charge on any atom is -0.383 e. The van der Waals surface area contributed by atoms with Gasteiger partial charge in [-0.1, -0.05) is 0 Å². The van der Waals surface area contributed by atoms with Gasteiger partial charge in [0.15, 0.2) is 0 Å². The van der Waals surface area contributed by atoms with Crippen LogP contribution in [0.3, 0.4) is 0 Å². The first-order chi connectivity index (χ1) is 7.22. The lowest BCUT2D eigenvalue weighted by atomic mass is 9.93. The summed E-state index contributed by atoms with van der Waals surface area (Å²) in [5, 5.41) is 3.56. The zero-order valence-electron chi connectivity index (χ0n) is 10.3. The summed E-state index contributed by atoms with van der Waals surface area (Å²) < 4.78 is 10.5. The average Bonchev–Trinajstić information content (AvgIpc) is 2.19. The smallest absolute Gasteiger partial charge is 0.0613 e. The van der Waals surface area contributed by atoms with Crippen LogP contribution >= 0.6 is 0 Å². The fraction of sp³-hybridized carbons (Fsp3) is 1.00. The Morgan fingerprint density at radius 3 is 2.53 bits per heavy atom. The monoisotopic (exact) mass is 215 g/mol. The van der Waals surface area contributed by atoms with Crippen molar-refractivity contribution in [1.29, 1.82) is 0 Å². The van der Waals surface area contributed by atoms with E-state index in [4.69, 9.17) is 9.47 Å². The van der Waals surface area contributed by atoms with Gasteiger partial charge < -0.3 is 14.8 Å². The molecule has 2 unspecified atom stereocenters. The predicted octanol–water partition coefficient (Wildman–Crippen LogP) is 1.82. The molecule has 3 nitrogen and oxygen atoms in total. The van der Waals surface area contributed by atoms with E-state index in [-0.39, 0.29) is 0 Å². The maximum absolute atomic E-state index is 5.36. The molecule has 1 aliphatic rings. The van der Waals surface area contributed by atoms with Gasteiger partial charge in [0.1, 0.15) is 0 Å². The first kappa shape index (κ1) is 12.9. The number of methoxy groups -OCH3 is 1. The van der Waals surface area contributed by atoms with E-state index in [0.29, 0.717) is 12.1 Å². The van der Waals surface area contributed by atoms with Crippen LogP contribution in [-0.2, 0) is 9.47 Å². The van der Waals surface area contributed by atoms with Gasteiger partial charge in [-0.3, -0.25) is 0 Å². The highest BCUT2D eigenvalue weighted by atomic mass is 16.5. The number of rotatable bonds is 6. The average molecular weight is 215 g/mol. The molecule has 0 bridgehead atoms. The van der Waals surface area contributed by atoms with Crippen molar-refractivity contribution in [2.24, 2.45) is 5.92 Å². The van der Waals surface area contributed by atoms with Crippen LogP contribution in [-0.4, -0.2) is 39.0 Å². The molecule has 0 spiro atoms. The minimum absolute atomic E-state index is 0.449. The van der Waals surface area contributed by atoms with Crippen molar-refractivity contribution in [2.45, 2.75) is 45.2 Å². The Morgan fingerprint density at radius 2 is 1.93 bits per heavy atom. The quantitative estimate of drug-likeness (QED) is 0.733. The predicted molar refractivity (Wildman–Crippen MR) is 62.1 cm³/mol. The van der Waals surface area contributed by atoms with Crippen LogP contribution in [0.2, 0.25) is 0 Å². The maximum Gasteiger partial charge on any atom is 0.0613 e. The molecule has 0 aromatic heterocycles. The van der Waals surface area contributed by atoms with Crippen molar-refractivity contribution in [1.82, 2.24) is 5.32 Å². The van der Waals surface area contributed by atoms with E-state index in [1.807, 2.05) is 0 Å². The third-order valence-electron chi connectivity index (χ3n) is 3.01. The van der Waals surface area contributed by atoms with Gasteiger partial charge in [0.25, 0.3) is 0 Å². The second-order valence-corrected chi connectivity index (χ2v) is 4.72. The molecule has 1 rings (SSSR count). The van der Waals surface area contributed by atoms with Gasteiger partial charge in [0.05, 0.1) is 6.61 Å². The molecule has 1 heterocycles. The van der Waals surface area contributed by atoms with Crippen LogP contribution in [0, 0.1) is 5.92 Å². The Balaban J connectivity index is 2.13. The summed E-state index contributed by atoms with van der Waals surface area (Å²) in [4.78, 5) is 0. The summed E-state index contributed by atoms with van der Waals surface area (Å²) in [6.45, 7) is 7.12. The van der Waals surface area contributed by atoms with Crippen molar-refractivity contribution < 1.29 is 9.47 Å². The van der Waals surface area contributed by atoms with E-state index in [1.54, 1.807) is 7.11 Å². The molecule has 0 aromatic carbocycles. The highest BCUT2D eigenvalue weighted by Gasteiger charge is 2.17. The lowest BCUT2D eigenvalue weighted by Gasteiger charge is -2.27. The molecule has 2 atom stereocenters. The van der Waals surface area contributed by atoms with Crippen molar-refractivity contribution in [3.05, 3.63) is 0 Å². The lowest BCUT2D eigenvalue weighted by Crippen LogP contribution is -2.38. The van der Waals surface area contributed by atoms with Gasteiger partial charge in [0.2, 0.25) is 0 Å². The molecule has 1 N–H and O–H groups in total. The molecular formula is C12H25NO2. The summed E-state index contributed by atoms with van der Waals surface area (Å²) >= 11 is 0. The van der Waals surface area contributed by atoms with E-state index < -0.39 is 0 Å². The van der Waals surface area contributed by atoms with Crippen LogP contribution in [0.4, 0.5) is 0 Å². The largest absolute Gasteiger partial charge is 0.383 e. The minimum atomic E-state index is 0.449. The van der Waals surface area contributed by atoms with Gasteiger partial charge >= 0.3 is 0 Å². The molecule has 0 radical (unpaired) electrons. The van der Waals surface area contributed by atoms with Crippen LogP contribution in [0.25, 0.3) is 0 Å². The Bertz CT molecular complexity index is 158. The molecule has 0 amide bonds. The summed E-state index contributed by atoms with van der Waals surface area (Å²) in [6, 6.07) is 1.03. The molecule has 15 heavy (non-hydrogen) atoms. The lowest BCUT2D eigenvalue weighted by molar-refractivity contribution is 0.0601. The second kappa shape index (κ2) is 7.20. The van der Waals surface area contributed by atoms with Crippen molar-refractivity contribution in [3.8, 4) is 0 Å². The zero-order chi connectivity index (χ0) is 11.1. The fourth-order valence-electron chi connectivity index (χ4n) is 2.33. The molecule has 3 heteroatoms. The highest BCUT2D eigenvalue weighted by molar-refractivity contribution is 4.73. The van der Waals surface area contributed by atoms with Gasteiger partial charge in [-0.25, -0.2) is 0 Å². The molecule has 1 fully saturated rings. The summed E-state index contributed by atoms with van der Waals surface area (Å²) in [6.07, 6.45) is 3.72. The van der Waals surface area contributed by atoms with Crippen molar-refractivity contribution in [2.75, 3.05) is 26.9 Å². The fourth-order valence-corrected chi connectivity index (χ4v) is 2.33. The number of hydrogen-bond donors (Lipinski definition) is 1. The van der Waals surface area contributed by atoms with E-state index >= 15 is 0 Å².